The molecule has 132 valence electrons. The fraction of sp³-hybridized carbons (Fsp3) is 0.450. The molecular formula is C20H25N3O2. The molecule has 1 aromatic carbocycles. The van der Waals surface area contributed by atoms with E-state index in [0.717, 1.165) is 24.1 Å². The molecule has 0 aliphatic heterocycles. The van der Waals surface area contributed by atoms with Gasteiger partial charge >= 0.3 is 0 Å². The van der Waals surface area contributed by atoms with Crippen LogP contribution in [0.2, 0.25) is 0 Å². The van der Waals surface area contributed by atoms with Gasteiger partial charge in [-0.2, -0.15) is 5.10 Å². The number of amides is 1. The minimum absolute atomic E-state index is 0.00124. The third kappa shape index (κ3) is 4.78. The average Bonchev–Trinajstić information content (AvgIpc) is 2.63. The number of hydrogen-bond acceptors (Lipinski definition) is 3. The van der Waals surface area contributed by atoms with Crippen molar-refractivity contribution in [3.63, 3.8) is 0 Å². The lowest BCUT2D eigenvalue weighted by Gasteiger charge is -2.22. The van der Waals surface area contributed by atoms with Gasteiger partial charge in [0.2, 0.25) is 5.91 Å². The van der Waals surface area contributed by atoms with Gasteiger partial charge in [0.1, 0.15) is 0 Å². The zero-order chi connectivity index (χ0) is 17.6. The Morgan fingerprint density at radius 1 is 1.12 bits per heavy atom. The summed E-state index contributed by atoms with van der Waals surface area (Å²) in [6.07, 6.45) is 6.03. The molecule has 0 unspecified atom stereocenters. The van der Waals surface area contributed by atoms with Crippen LogP contribution in [0.4, 0.5) is 0 Å². The highest BCUT2D eigenvalue weighted by Crippen LogP contribution is 2.18. The summed E-state index contributed by atoms with van der Waals surface area (Å²) in [7, 11) is 0. The van der Waals surface area contributed by atoms with Crippen LogP contribution in [0.5, 0.6) is 0 Å². The quantitative estimate of drug-likeness (QED) is 0.910. The summed E-state index contributed by atoms with van der Waals surface area (Å²) in [6.45, 7) is 2.33. The van der Waals surface area contributed by atoms with Crippen molar-refractivity contribution < 1.29 is 4.79 Å². The molecule has 3 rings (SSSR count). The molecule has 1 saturated carbocycles. The van der Waals surface area contributed by atoms with Crippen LogP contribution in [-0.2, 0) is 11.3 Å². The molecule has 2 aromatic rings. The lowest BCUT2D eigenvalue weighted by Crippen LogP contribution is -2.37. The summed E-state index contributed by atoms with van der Waals surface area (Å²) < 4.78 is 1.38. The van der Waals surface area contributed by atoms with Gasteiger partial charge in [-0.3, -0.25) is 9.59 Å². The smallest absolute Gasteiger partial charge is 0.266 e. The molecule has 1 aliphatic carbocycles. The van der Waals surface area contributed by atoms with E-state index in [-0.39, 0.29) is 17.9 Å². The largest absolute Gasteiger partial charge is 0.353 e. The molecule has 1 N–H and O–H groups in total. The van der Waals surface area contributed by atoms with E-state index in [2.05, 4.69) is 10.4 Å². The van der Waals surface area contributed by atoms with Crippen LogP contribution < -0.4 is 10.9 Å². The molecule has 1 aliphatic rings. The maximum atomic E-state index is 12.1. The van der Waals surface area contributed by atoms with Crippen molar-refractivity contribution in [2.24, 2.45) is 0 Å². The van der Waals surface area contributed by atoms with E-state index in [1.807, 2.05) is 31.2 Å². The van der Waals surface area contributed by atoms with Gasteiger partial charge in [-0.15, -0.1) is 0 Å². The number of aromatic nitrogens is 2. The number of carbonyl (C=O) groups excluding carboxylic acids is 1. The zero-order valence-corrected chi connectivity index (χ0v) is 14.7. The zero-order valence-electron chi connectivity index (χ0n) is 14.7. The first kappa shape index (κ1) is 17.4. The van der Waals surface area contributed by atoms with Crippen molar-refractivity contribution in [2.45, 2.75) is 58.0 Å². The third-order valence-corrected chi connectivity index (χ3v) is 4.73. The number of nitrogens with one attached hydrogen (secondary N) is 1. The standard InChI is InChI=1S/C20H25N3O2/c1-15-7-9-16(10-8-15)18-11-12-20(25)23(22-18)14-13-19(24)21-17-5-3-2-4-6-17/h7-12,17H,2-6,13-14H2,1H3,(H,21,24). The lowest BCUT2D eigenvalue weighted by molar-refractivity contribution is -0.122. The molecule has 1 aromatic heterocycles. The van der Waals surface area contributed by atoms with Crippen molar-refractivity contribution in [1.82, 2.24) is 15.1 Å². The number of hydrogen-bond donors (Lipinski definition) is 1. The molecule has 0 spiro atoms. The fourth-order valence-electron chi connectivity index (χ4n) is 3.24. The van der Waals surface area contributed by atoms with Crippen LogP contribution in [0.15, 0.2) is 41.2 Å². The topological polar surface area (TPSA) is 64.0 Å². The summed E-state index contributed by atoms with van der Waals surface area (Å²) in [4.78, 5) is 24.2. The van der Waals surface area contributed by atoms with E-state index >= 15 is 0 Å². The van der Waals surface area contributed by atoms with Crippen LogP contribution in [0.25, 0.3) is 11.3 Å². The fourth-order valence-corrected chi connectivity index (χ4v) is 3.24. The second kappa shape index (κ2) is 8.10. The third-order valence-electron chi connectivity index (χ3n) is 4.73. The lowest BCUT2D eigenvalue weighted by atomic mass is 9.95. The Kier molecular flexibility index (Phi) is 5.64. The summed E-state index contributed by atoms with van der Waals surface area (Å²) in [5.74, 6) is 0.00124. The molecule has 0 atom stereocenters. The Morgan fingerprint density at radius 2 is 1.84 bits per heavy atom. The van der Waals surface area contributed by atoms with Gasteiger partial charge in [0.15, 0.2) is 0 Å². The highest BCUT2D eigenvalue weighted by molar-refractivity contribution is 5.76. The van der Waals surface area contributed by atoms with Crippen molar-refractivity contribution in [3.8, 4) is 11.3 Å². The van der Waals surface area contributed by atoms with Crippen LogP contribution >= 0.6 is 0 Å². The Hall–Kier alpha value is -2.43. The minimum atomic E-state index is -0.179. The second-order valence-corrected chi connectivity index (χ2v) is 6.80. The minimum Gasteiger partial charge on any atom is -0.353 e. The first-order valence-electron chi connectivity index (χ1n) is 9.06. The van der Waals surface area contributed by atoms with Crippen LogP contribution in [-0.4, -0.2) is 21.7 Å². The molecule has 5 heteroatoms. The normalized spacial score (nSPS) is 15.1. The second-order valence-electron chi connectivity index (χ2n) is 6.80. The summed E-state index contributed by atoms with van der Waals surface area (Å²) in [6, 6.07) is 11.6. The van der Waals surface area contributed by atoms with E-state index in [4.69, 9.17) is 0 Å². The van der Waals surface area contributed by atoms with Crippen molar-refractivity contribution in [2.75, 3.05) is 0 Å². The Bertz CT molecular complexity index is 774. The maximum absolute atomic E-state index is 12.1. The molecule has 0 bridgehead atoms. The van der Waals surface area contributed by atoms with Crippen molar-refractivity contribution in [1.29, 1.82) is 0 Å². The number of rotatable bonds is 5. The van der Waals surface area contributed by atoms with Gasteiger partial charge in [0.25, 0.3) is 5.56 Å². The molecule has 0 radical (unpaired) electrons. The Labute approximate surface area is 148 Å². The Morgan fingerprint density at radius 3 is 2.56 bits per heavy atom. The van der Waals surface area contributed by atoms with E-state index in [0.29, 0.717) is 12.6 Å². The van der Waals surface area contributed by atoms with Gasteiger partial charge < -0.3 is 5.32 Å². The average molecular weight is 339 g/mol. The van der Waals surface area contributed by atoms with Gasteiger partial charge in [-0.25, -0.2) is 4.68 Å². The highest BCUT2D eigenvalue weighted by atomic mass is 16.2. The first-order valence-corrected chi connectivity index (χ1v) is 9.06. The number of nitrogens with zero attached hydrogens (tertiary/aromatic N) is 2. The van der Waals surface area contributed by atoms with Gasteiger partial charge in [-0.1, -0.05) is 49.1 Å². The molecule has 1 heterocycles. The molecule has 5 nitrogen and oxygen atoms in total. The summed E-state index contributed by atoms with van der Waals surface area (Å²) >= 11 is 0. The predicted molar refractivity (Wildman–Crippen MR) is 98.3 cm³/mol. The first-order chi connectivity index (χ1) is 12.1. The molecule has 1 amide bonds. The number of benzene rings is 1. The van der Waals surface area contributed by atoms with E-state index in [1.54, 1.807) is 6.07 Å². The number of carbonyl (C=O) groups is 1. The molecular weight excluding hydrogens is 314 g/mol. The van der Waals surface area contributed by atoms with Crippen molar-refractivity contribution >= 4 is 5.91 Å². The van der Waals surface area contributed by atoms with E-state index in [1.165, 1.54) is 35.6 Å². The van der Waals surface area contributed by atoms with Gasteiger partial charge in [0.05, 0.1) is 12.2 Å². The van der Waals surface area contributed by atoms with Crippen LogP contribution in [0, 0.1) is 6.92 Å². The SMILES string of the molecule is Cc1ccc(-c2ccc(=O)n(CCC(=O)NC3CCCCC3)n2)cc1. The number of aryl methyl sites for hydroxylation is 2. The molecule has 25 heavy (non-hydrogen) atoms. The maximum Gasteiger partial charge on any atom is 0.266 e. The van der Waals surface area contributed by atoms with Crippen molar-refractivity contribution in [3.05, 3.63) is 52.3 Å². The monoisotopic (exact) mass is 339 g/mol. The predicted octanol–water partition coefficient (Wildman–Crippen LogP) is 3.06. The van der Waals surface area contributed by atoms with Crippen LogP contribution in [0.1, 0.15) is 44.1 Å². The van der Waals surface area contributed by atoms with Gasteiger partial charge in [0, 0.05) is 24.1 Å². The Balaban J connectivity index is 1.63. The summed E-state index contributed by atoms with van der Waals surface area (Å²) in [5.41, 5.74) is 2.70. The van der Waals surface area contributed by atoms with Crippen LogP contribution in [0.3, 0.4) is 0 Å². The summed E-state index contributed by atoms with van der Waals surface area (Å²) in [5, 5.41) is 7.49. The van der Waals surface area contributed by atoms with E-state index < -0.39 is 0 Å². The van der Waals surface area contributed by atoms with Gasteiger partial charge in [-0.05, 0) is 25.8 Å². The molecule has 0 saturated heterocycles. The molecule has 1 fully saturated rings. The highest BCUT2D eigenvalue weighted by Gasteiger charge is 2.15. The van der Waals surface area contributed by atoms with E-state index in [9.17, 15) is 9.59 Å².